The van der Waals surface area contributed by atoms with Gasteiger partial charge in [0, 0.05) is 25.9 Å². The number of hydrogen-bond donors (Lipinski definition) is 1. The van der Waals surface area contributed by atoms with Gasteiger partial charge in [-0.1, -0.05) is 12.1 Å². The molecule has 5 heteroatoms. The van der Waals surface area contributed by atoms with Crippen LogP contribution in [0, 0.1) is 11.3 Å². The molecule has 0 aliphatic carbocycles. The molecule has 0 saturated heterocycles. The fourth-order valence-electron chi connectivity index (χ4n) is 2.23. The van der Waals surface area contributed by atoms with Gasteiger partial charge in [0.25, 0.3) is 0 Å². The standard InChI is InChI=1S/C16H15N5/c1-20(2)13-7-8-14-19-15(16(18)21(14)10-13)12-5-3-11(9-17)4-6-12/h3-8,10H,18H2,1-2H3. The molecule has 0 fully saturated rings. The third kappa shape index (κ3) is 2.17. The number of nitrogens with two attached hydrogens (primary N) is 1. The number of nitrogens with zero attached hydrogens (tertiary/aromatic N) is 4. The van der Waals surface area contributed by atoms with Gasteiger partial charge in [-0.25, -0.2) is 4.98 Å². The van der Waals surface area contributed by atoms with E-state index in [9.17, 15) is 0 Å². The molecule has 0 spiro atoms. The lowest BCUT2D eigenvalue weighted by atomic mass is 10.1. The van der Waals surface area contributed by atoms with Crippen molar-refractivity contribution in [3.8, 4) is 17.3 Å². The Hall–Kier alpha value is -3.00. The highest BCUT2D eigenvalue weighted by atomic mass is 15.1. The minimum atomic E-state index is 0.596. The van der Waals surface area contributed by atoms with Gasteiger partial charge in [-0.2, -0.15) is 5.26 Å². The highest BCUT2D eigenvalue weighted by molar-refractivity contribution is 5.76. The average molecular weight is 277 g/mol. The Kier molecular flexibility index (Phi) is 2.99. The molecule has 2 N–H and O–H groups in total. The van der Waals surface area contributed by atoms with E-state index in [4.69, 9.17) is 11.0 Å². The van der Waals surface area contributed by atoms with E-state index < -0.39 is 0 Å². The SMILES string of the molecule is CN(C)c1ccc2nc(-c3ccc(C#N)cc3)c(N)n2c1. The lowest BCUT2D eigenvalue weighted by Crippen LogP contribution is -2.09. The summed E-state index contributed by atoms with van der Waals surface area (Å²) in [5.74, 6) is 0.596. The van der Waals surface area contributed by atoms with Crippen molar-refractivity contribution in [3.05, 3.63) is 48.2 Å². The van der Waals surface area contributed by atoms with E-state index in [-0.39, 0.29) is 0 Å². The Morgan fingerprint density at radius 1 is 1.14 bits per heavy atom. The van der Waals surface area contributed by atoms with Crippen LogP contribution in [0.4, 0.5) is 11.5 Å². The Morgan fingerprint density at radius 3 is 2.48 bits per heavy atom. The monoisotopic (exact) mass is 277 g/mol. The van der Waals surface area contributed by atoms with Crippen LogP contribution in [0.25, 0.3) is 16.9 Å². The molecule has 104 valence electrons. The number of rotatable bonds is 2. The van der Waals surface area contributed by atoms with E-state index in [2.05, 4.69) is 11.1 Å². The summed E-state index contributed by atoms with van der Waals surface area (Å²) >= 11 is 0. The maximum absolute atomic E-state index is 8.85. The molecule has 21 heavy (non-hydrogen) atoms. The average Bonchev–Trinajstić information content (AvgIpc) is 2.84. The zero-order valence-electron chi connectivity index (χ0n) is 11.9. The second-order valence-electron chi connectivity index (χ2n) is 5.04. The van der Waals surface area contributed by atoms with Crippen molar-refractivity contribution in [2.24, 2.45) is 0 Å². The van der Waals surface area contributed by atoms with Crippen LogP contribution in [-0.2, 0) is 0 Å². The number of benzene rings is 1. The largest absolute Gasteiger partial charge is 0.383 e. The summed E-state index contributed by atoms with van der Waals surface area (Å²) in [6, 6.07) is 13.3. The van der Waals surface area contributed by atoms with Gasteiger partial charge in [-0.05, 0) is 24.3 Å². The molecule has 0 bridgehead atoms. The summed E-state index contributed by atoms with van der Waals surface area (Å²) in [5, 5.41) is 8.85. The summed E-state index contributed by atoms with van der Waals surface area (Å²) in [6.45, 7) is 0. The maximum Gasteiger partial charge on any atom is 0.139 e. The molecule has 0 radical (unpaired) electrons. The number of pyridine rings is 1. The molecule has 0 atom stereocenters. The third-order valence-electron chi connectivity index (χ3n) is 3.44. The predicted molar refractivity (Wildman–Crippen MR) is 84.1 cm³/mol. The minimum absolute atomic E-state index is 0.596. The topological polar surface area (TPSA) is 70.3 Å². The van der Waals surface area contributed by atoms with Gasteiger partial charge in [0.2, 0.25) is 0 Å². The van der Waals surface area contributed by atoms with Crippen LogP contribution in [0.2, 0.25) is 0 Å². The quantitative estimate of drug-likeness (QED) is 0.781. The molecule has 0 amide bonds. The van der Waals surface area contributed by atoms with Crippen LogP contribution in [0.3, 0.4) is 0 Å². The van der Waals surface area contributed by atoms with Crippen LogP contribution in [0.5, 0.6) is 0 Å². The first-order valence-corrected chi connectivity index (χ1v) is 6.55. The molecule has 2 heterocycles. The van der Waals surface area contributed by atoms with Crippen LogP contribution in [-0.4, -0.2) is 23.5 Å². The molecule has 2 aromatic heterocycles. The Morgan fingerprint density at radius 2 is 1.86 bits per heavy atom. The normalized spacial score (nSPS) is 10.5. The van der Waals surface area contributed by atoms with Crippen LogP contribution >= 0.6 is 0 Å². The van der Waals surface area contributed by atoms with Crippen LogP contribution < -0.4 is 10.6 Å². The molecule has 0 saturated carbocycles. The molecule has 0 aliphatic rings. The van der Waals surface area contributed by atoms with Gasteiger partial charge in [0.05, 0.1) is 17.3 Å². The molecule has 3 rings (SSSR count). The molecule has 1 aromatic carbocycles. The van der Waals surface area contributed by atoms with Crippen LogP contribution in [0.15, 0.2) is 42.6 Å². The first-order chi connectivity index (χ1) is 10.1. The lowest BCUT2D eigenvalue weighted by Gasteiger charge is -2.12. The molecular formula is C16H15N5. The summed E-state index contributed by atoms with van der Waals surface area (Å²) in [6.07, 6.45) is 1.96. The smallest absolute Gasteiger partial charge is 0.139 e. The highest BCUT2D eigenvalue weighted by Gasteiger charge is 2.12. The summed E-state index contributed by atoms with van der Waals surface area (Å²) in [4.78, 5) is 6.59. The van der Waals surface area contributed by atoms with Crippen molar-refractivity contribution in [3.63, 3.8) is 0 Å². The van der Waals surface area contributed by atoms with Crippen molar-refractivity contribution < 1.29 is 0 Å². The van der Waals surface area contributed by atoms with Crippen molar-refractivity contribution >= 4 is 17.2 Å². The zero-order valence-corrected chi connectivity index (χ0v) is 11.9. The number of fused-ring (bicyclic) bond motifs is 1. The number of nitriles is 1. The Labute approximate surface area is 122 Å². The maximum atomic E-state index is 8.85. The summed E-state index contributed by atoms with van der Waals surface area (Å²) in [5.41, 5.74) is 10.3. The Balaban J connectivity index is 2.15. The van der Waals surface area contributed by atoms with Gasteiger partial charge in [-0.15, -0.1) is 0 Å². The molecule has 5 nitrogen and oxygen atoms in total. The zero-order chi connectivity index (χ0) is 15.0. The fourth-order valence-corrected chi connectivity index (χ4v) is 2.23. The van der Waals surface area contributed by atoms with Gasteiger partial charge in [-0.3, -0.25) is 4.40 Å². The first-order valence-electron chi connectivity index (χ1n) is 6.55. The van der Waals surface area contributed by atoms with E-state index in [0.29, 0.717) is 11.4 Å². The van der Waals surface area contributed by atoms with E-state index in [1.54, 1.807) is 12.1 Å². The lowest BCUT2D eigenvalue weighted by molar-refractivity contribution is 1.09. The number of nitrogen functional groups attached to an aromatic ring is 1. The van der Waals surface area contributed by atoms with Crippen molar-refractivity contribution in [2.45, 2.75) is 0 Å². The van der Waals surface area contributed by atoms with Gasteiger partial charge >= 0.3 is 0 Å². The summed E-state index contributed by atoms with van der Waals surface area (Å²) in [7, 11) is 3.96. The minimum Gasteiger partial charge on any atom is -0.383 e. The predicted octanol–water partition coefficient (Wildman–Crippen LogP) is 2.52. The number of imidazole rings is 1. The second-order valence-corrected chi connectivity index (χ2v) is 5.04. The van der Waals surface area contributed by atoms with Crippen molar-refractivity contribution in [2.75, 3.05) is 24.7 Å². The summed E-state index contributed by atoms with van der Waals surface area (Å²) < 4.78 is 1.88. The van der Waals surface area contributed by atoms with Gasteiger partial charge in [0.1, 0.15) is 17.2 Å². The van der Waals surface area contributed by atoms with Crippen molar-refractivity contribution in [1.29, 1.82) is 5.26 Å². The third-order valence-corrected chi connectivity index (χ3v) is 3.44. The number of aromatic nitrogens is 2. The van der Waals surface area contributed by atoms with E-state index in [1.807, 2.05) is 53.9 Å². The van der Waals surface area contributed by atoms with E-state index in [1.165, 1.54) is 0 Å². The second kappa shape index (κ2) is 4.84. The molecule has 3 aromatic rings. The highest BCUT2D eigenvalue weighted by Crippen LogP contribution is 2.28. The Bertz CT molecular complexity index is 837. The van der Waals surface area contributed by atoms with Gasteiger partial charge < -0.3 is 10.6 Å². The first kappa shape index (κ1) is 13.0. The molecule has 0 aliphatic heterocycles. The number of hydrogen-bond acceptors (Lipinski definition) is 4. The fraction of sp³-hybridized carbons (Fsp3) is 0.125. The molecular weight excluding hydrogens is 262 g/mol. The van der Waals surface area contributed by atoms with Crippen molar-refractivity contribution in [1.82, 2.24) is 9.38 Å². The number of anilines is 2. The van der Waals surface area contributed by atoms with Gasteiger partial charge in [0.15, 0.2) is 0 Å². The molecule has 0 unspecified atom stereocenters. The van der Waals surface area contributed by atoms with E-state index >= 15 is 0 Å². The van der Waals surface area contributed by atoms with Crippen LogP contribution in [0.1, 0.15) is 5.56 Å². The van der Waals surface area contributed by atoms with E-state index in [0.717, 1.165) is 22.6 Å².